The Morgan fingerprint density at radius 3 is 2.62 bits per heavy atom. The largest absolute Gasteiger partial charge is 0.505 e. The summed E-state index contributed by atoms with van der Waals surface area (Å²) >= 11 is 0. The van der Waals surface area contributed by atoms with Gasteiger partial charge in [0.15, 0.2) is 11.6 Å². The van der Waals surface area contributed by atoms with Gasteiger partial charge in [0.25, 0.3) is 0 Å². The van der Waals surface area contributed by atoms with Gasteiger partial charge in [-0.3, -0.25) is 9.40 Å². The highest BCUT2D eigenvalue weighted by Crippen LogP contribution is 2.33. The Morgan fingerprint density at radius 2 is 1.89 bits per heavy atom. The summed E-state index contributed by atoms with van der Waals surface area (Å²) in [4.78, 5) is 4.78. The molecule has 4 aromatic rings. The third-order valence-corrected chi connectivity index (χ3v) is 8.17. The minimum Gasteiger partial charge on any atom is -0.505 e. The van der Waals surface area contributed by atoms with Crippen LogP contribution in [0.5, 0.6) is 5.75 Å². The molecule has 3 N–H and O–H groups in total. The van der Waals surface area contributed by atoms with Crippen molar-refractivity contribution in [3.8, 4) is 17.0 Å². The number of hydrogen-bond acceptors (Lipinski definition) is 6. The molecule has 0 aliphatic heterocycles. The summed E-state index contributed by atoms with van der Waals surface area (Å²) in [6, 6.07) is 11.9. The molecule has 2 aromatic heterocycles. The number of fused-ring (bicyclic) bond motifs is 1. The molecule has 196 valence electrons. The van der Waals surface area contributed by atoms with Gasteiger partial charge in [-0.15, -0.1) is 0 Å². The van der Waals surface area contributed by atoms with E-state index in [9.17, 15) is 17.9 Å². The van der Waals surface area contributed by atoms with E-state index in [-0.39, 0.29) is 5.75 Å². The molecule has 0 aliphatic carbocycles. The number of aromatic amines is 1. The third-order valence-electron chi connectivity index (χ3n) is 6.39. The molecule has 0 fully saturated rings. The molecule has 0 amide bonds. The molecular formula is C27H32FN5O3S. The number of unbranched alkanes of at least 4 members (excludes halogenated alkanes) is 1. The summed E-state index contributed by atoms with van der Waals surface area (Å²) in [6.07, 6.45) is 3.88. The second kappa shape index (κ2) is 11.2. The zero-order valence-electron chi connectivity index (χ0n) is 21.3. The van der Waals surface area contributed by atoms with Gasteiger partial charge in [-0.2, -0.15) is 5.10 Å². The molecule has 4 rings (SSSR count). The van der Waals surface area contributed by atoms with Crippen molar-refractivity contribution in [1.82, 2.24) is 15.2 Å². The molecule has 0 saturated heterocycles. The Balaban J connectivity index is 1.73. The lowest BCUT2D eigenvalue weighted by Gasteiger charge is -2.26. The lowest BCUT2D eigenvalue weighted by Crippen LogP contribution is -2.34. The van der Waals surface area contributed by atoms with Crippen molar-refractivity contribution >= 4 is 32.4 Å². The Morgan fingerprint density at radius 1 is 1.11 bits per heavy atom. The van der Waals surface area contributed by atoms with E-state index in [2.05, 4.69) is 15.5 Å². The predicted molar refractivity (Wildman–Crippen MR) is 146 cm³/mol. The van der Waals surface area contributed by atoms with Gasteiger partial charge in [-0.25, -0.2) is 17.8 Å². The number of pyridine rings is 1. The van der Waals surface area contributed by atoms with Gasteiger partial charge in [0.2, 0.25) is 10.0 Å². The topological polar surface area (TPSA) is 111 Å². The van der Waals surface area contributed by atoms with Crippen LogP contribution >= 0.6 is 0 Å². The van der Waals surface area contributed by atoms with E-state index >= 15 is 0 Å². The summed E-state index contributed by atoms with van der Waals surface area (Å²) < 4.78 is 41.6. The monoisotopic (exact) mass is 525 g/mol. The van der Waals surface area contributed by atoms with E-state index in [0.717, 1.165) is 34.9 Å². The van der Waals surface area contributed by atoms with E-state index < -0.39 is 21.6 Å². The molecule has 0 aliphatic rings. The summed E-state index contributed by atoms with van der Waals surface area (Å²) in [6.45, 7) is 6.34. The summed E-state index contributed by atoms with van der Waals surface area (Å²) in [5.41, 5.74) is 4.04. The van der Waals surface area contributed by atoms with Gasteiger partial charge in [0.05, 0.1) is 34.2 Å². The number of halogens is 1. The summed E-state index contributed by atoms with van der Waals surface area (Å²) in [5, 5.41) is 21.0. The number of sulfonamides is 1. The molecular weight excluding hydrogens is 493 g/mol. The van der Waals surface area contributed by atoms with Crippen LogP contribution in [0.3, 0.4) is 0 Å². The Hall–Kier alpha value is -3.66. The average molecular weight is 526 g/mol. The normalized spacial score (nSPS) is 11.7. The van der Waals surface area contributed by atoms with E-state index in [4.69, 9.17) is 4.98 Å². The van der Waals surface area contributed by atoms with Gasteiger partial charge in [-0.1, -0.05) is 38.5 Å². The van der Waals surface area contributed by atoms with Gasteiger partial charge in [-0.05, 0) is 55.2 Å². The predicted octanol–water partition coefficient (Wildman–Crippen LogP) is 5.60. The number of benzene rings is 2. The molecule has 2 heterocycles. The number of rotatable bonds is 11. The Bertz CT molecular complexity index is 1500. The van der Waals surface area contributed by atoms with E-state index in [1.54, 1.807) is 19.2 Å². The quantitative estimate of drug-likeness (QED) is 0.235. The maximum Gasteiger partial charge on any atom is 0.234 e. The molecule has 37 heavy (non-hydrogen) atoms. The standard InChI is InChI=1S/C27H32FN5O3S/c1-4-7-12-33(37(35,36)6-3)25-11-9-8-10-19(25)16-29-27-21-17-30-32-24(21)15-23(31-27)20-14-22(28)26(34)13-18(20)5-2/h8-11,13-15,17,34H,4-7,12,16H2,1-3H3,(H,29,31)(H,30,32). The van der Waals surface area contributed by atoms with Crippen LogP contribution in [0.4, 0.5) is 15.9 Å². The van der Waals surface area contributed by atoms with Crippen molar-refractivity contribution in [1.29, 1.82) is 0 Å². The molecule has 0 radical (unpaired) electrons. The zero-order chi connectivity index (χ0) is 26.6. The van der Waals surface area contributed by atoms with Crippen LogP contribution in [-0.4, -0.2) is 41.0 Å². The number of aromatic nitrogens is 3. The SMILES string of the molecule is CCCCN(c1ccccc1CNc1nc(-c2cc(F)c(O)cc2CC)cc2[nH]ncc12)S(=O)(=O)CC. The van der Waals surface area contributed by atoms with Crippen LogP contribution in [-0.2, 0) is 23.0 Å². The Labute approximate surface area is 216 Å². The molecule has 0 atom stereocenters. The number of nitrogens with zero attached hydrogens (tertiary/aromatic N) is 3. The number of H-pyrrole nitrogens is 1. The lowest BCUT2D eigenvalue weighted by atomic mass is 10.0. The van der Waals surface area contributed by atoms with E-state index in [1.807, 2.05) is 38.1 Å². The molecule has 10 heteroatoms. The first-order chi connectivity index (χ1) is 17.8. The summed E-state index contributed by atoms with van der Waals surface area (Å²) in [5.74, 6) is -0.565. The number of nitrogens with one attached hydrogen (secondary N) is 2. The molecule has 8 nitrogen and oxygen atoms in total. The fraction of sp³-hybridized carbons (Fsp3) is 0.333. The van der Waals surface area contributed by atoms with E-state index in [0.29, 0.717) is 42.3 Å². The van der Waals surface area contributed by atoms with Crippen LogP contribution in [0, 0.1) is 5.82 Å². The highest BCUT2D eigenvalue weighted by Gasteiger charge is 2.22. The first kappa shape index (κ1) is 26.4. The number of hydrogen-bond donors (Lipinski definition) is 3. The minimum atomic E-state index is -3.46. The van der Waals surface area contributed by atoms with Crippen molar-refractivity contribution in [2.75, 3.05) is 21.9 Å². The first-order valence-corrected chi connectivity index (χ1v) is 14.1. The molecule has 0 saturated carbocycles. The Kier molecular flexibility index (Phi) is 7.97. The fourth-order valence-corrected chi connectivity index (χ4v) is 5.50. The number of para-hydroxylation sites is 1. The molecule has 2 aromatic carbocycles. The van der Waals surface area contributed by atoms with Gasteiger partial charge in [0.1, 0.15) is 5.82 Å². The van der Waals surface area contributed by atoms with Crippen LogP contribution in [0.2, 0.25) is 0 Å². The van der Waals surface area contributed by atoms with Crippen LogP contribution in [0.15, 0.2) is 48.7 Å². The maximum atomic E-state index is 14.3. The number of aromatic hydroxyl groups is 1. The van der Waals surface area contributed by atoms with Gasteiger partial charge >= 0.3 is 0 Å². The number of aryl methyl sites for hydroxylation is 1. The molecule has 0 bridgehead atoms. The number of phenols is 1. The van der Waals surface area contributed by atoms with E-state index in [1.165, 1.54) is 16.4 Å². The second-order valence-corrected chi connectivity index (χ2v) is 11.0. The first-order valence-electron chi connectivity index (χ1n) is 12.5. The van der Waals surface area contributed by atoms with Crippen molar-refractivity contribution in [2.24, 2.45) is 0 Å². The van der Waals surface area contributed by atoms with Gasteiger partial charge in [0, 0.05) is 18.7 Å². The fourth-order valence-electron chi connectivity index (χ4n) is 4.30. The molecule has 0 unspecified atom stereocenters. The third kappa shape index (κ3) is 5.53. The van der Waals surface area contributed by atoms with Crippen molar-refractivity contribution in [3.63, 3.8) is 0 Å². The van der Waals surface area contributed by atoms with Crippen molar-refractivity contribution < 1.29 is 17.9 Å². The second-order valence-electron chi connectivity index (χ2n) is 8.81. The highest BCUT2D eigenvalue weighted by atomic mass is 32.2. The smallest absolute Gasteiger partial charge is 0.234 e. The number of phenolic OH excluding ortho intramolecular Hbond substituents is 1. The van der Waals surface area contributed by atoms with Crippen LogP contribution in [0.1, 0.15) is 44.7 Å². The lowest BCUT2D eigenvalue weighted by molar-refractivity contribution is 0.432. The van der Waals surface area contributed by atoms with Crippen molar-refractivity contribution in [2.45, 2.75) is 46.6 Å². The van der Waals surface area contributed by atoms with Crippen LogP contribution in [0.25, 0.3) is 22.2 Å². The van der Waals surface area contributed by atoms with Crippen molar-refractivity contribution in [3.05, 3.63) is 65.6 Å². The van der Waals surface area contributed by atoms with Crippen LogP contribution < -0.4 is 9.62 Å². The number of anilines is 2. The minimum absolute atomic E-state index is 0.0146. The maximum absolute atomic E-state index is 14.3. The summed E-state index contributed by atoms with van der Waals surface area (Å²) in [7, 11) is -3.46. The average Bonchev–Trinajstić information content (AvgIpc) is 3.38. The highest BCUT2D eigenvalue weighted by molar-refractivity contribution is 7.92. The zero-order valence-corrected chi connectivity index (χ0v) is 22.1. The molecule has 0 spiro atoms. The van der Waals surface area contributed by atoms with Gasteiger partial charge < -0.3 is 10.4 Å².